The Morgan fingerprint density at radius 2 is 1.10 bits per heavy atom. The van der Waals surface area contributed by atoms with Gasteiger partial charge < -0.3 is 9.47 Å². The number of esters is 2. The third kappa shape index (κ3) is 13.4. The average Bonchev–Trinajstić information content (AvgIpc) is 2.44. The number of Topliss-reactive ketones (excluding diaryl/α,β-unsaturated/α-hetero) is 1. The molecule has 0 aliphatic rings. The van der Waals surface area contributed by atoms with Crippen LogP contribution in [0.2, 0.25) is 0 Å². The van der Waals surface area contributed by atoms with Crippen molar-refractivity contribution in [2.45, 2.75) is 71.6 Å². The van der Waals surface area contributed by atoms with Crippen LogP contribution in [-0.2, 0) is 23.9 Å². The molecule has 0 saturated heterocycles. The van der Waals surface area contributed by atoms with Gasteiger partial charge in [-0.15, -0.1) is 0 Å². The van der Waals surface area contributed by atoms with Crippen molar-refractivity contribution in [2.24, 2.45) is 0 Å². The lowest BCUT2D eigenvalue weighted by atomic mass is 10.1. The SMILES string of the molecule is CCOC(=O)CCCCCCCC(=O)CCC(=O)OCC. The quantitative estimate of drug-likeness (QED) is 0.386. The van der Waals surface area contributed by atoms with Gasteiger partial charge in [-0.1, -0.05) is 19.3 Å². The van der Waals surface area contributed by atoms with Gasteiger partial charge in [-0.2, -0.15) is 0 Å². The molecule has 0 saturated carbocycles. The first kappa shape index (κ1) is 19.6. The maximum Gasteiger partial charge on any atom is 0.306 e. The highest BCUT2D eigenvalue weighted by atomic mass is 16.5. The summed E-state index contributed by atoms with van der Waals surface area (Å²) in [5, 5.41) is 0. The second kappa shape index (κ2) is 13.6. The van der Waals surface area contributed by atoms with E-state index in [2.05, 4.69) is 0 Å². The van der Waals surface area contributed by atoms with Crippen molar-refractivity contribution in [2.75, 3.05) is 13.2 Å². The van der Waals surface area contributed by atoms with E-state index in [9.17, 15) is 14.4 Å². The lowest BCUT2D eigenvalue weighted by Crippen LogP contribution is -2.07. The van der Waals surface area contributed by atoms with E-state index in [4.69, 9.17) is 9.47 Å². The Balaban J connectivity index is 3.36. The zero-order valence-electron chi connectivity index (χ0n) is 13.3. The van der Waals surface area contributed by atoms with Crippen molar-refractivity contribution in [1.82, 2.24) is 0 Å². The molecule has 0 unspecified atom stereocenters. The van der Waals surface area contributed by atoms with Crippen molar-refractivity contribution < 1.29 is 23.9 Å². The van der Waals surface area contributed by atoms with Crippen molar-refractivity contribution >= 4 is 17.7 Å². The molecule has 0 amide bonds. The summed E-state index contributed by atoms with van der Waals surface area (Å²) < 4.78 is 9.61. The third-order valence-corrected chi connectivity index (χ3v) is 3.06. The minimum atomic E-state index is -0.301. The summed E-state index contributed by atoms with van der Waals surface area (Å²) in [5.74, 6) is -0.314. The van der Waals surface area contributed by atoms with Crippen LogP contribution < -0.4 is 0 Å². The monoisotopic (exact) mass is 300 g/mol. The van der Waals surface area contributed by atoms with Crippen LogP contribution in [0.3, 0.4) is 0 Å². The van der Waals surface area contributed by atoms with Crippen LogP contribution in [0.15, 0.2) is 0 Å². The zero-order chi connectivity index (χ0) is 15.9. The molecule has 0 N–H and O–H groups in total. The number of ether oxygens (including phenoxy) is 2. The van der Waals surface area contributed by atoms with Crippen molar-refractivity contribution in [3.8, 4) is 0 Å². The summed E-state index contributed by atoms with van der Waals surface area (Å²) in [5.41, 5.74) is 0. The molecule has 0 aliphatic heterocycles. The lowest BCUT2D eigenvalue weighted by Gasteiger charge is -2.03. The molecule has 5 nitrogen and oxygen atoms in total. The molecule has 0 bridgehead atoms. The fourth-order valence-electron chi connectivity index (χ4n) is 1.95. The predicted octanol–water partition coefficient (Wildman–Crippen LogP) is 3.19. The van der Waals surface area contributed by atoms with E-state index in [-0.39, 0.29) is 30.6 Å². The van der Waals surface area contributed by atoms with Crippen LogP contribution >= 0.6 is 0 Å². The number of rotatable bonds is 13. The van der Waals surface area contributed by atoms with Crippen LogP contribution in [0.5, 0.6) is 0 Å². The first-order valence-electron chi connectivity index (χ1n) is 7.93. The normalized spacial score (nSPS) is 10.2. The molecule has 0 aromatic carbocycles. The molecule has 5 heteroatoms. The minimum absolute atomic E-state index is 0.120. The molecule has 0 aliphatic carbocycles. The fourth-order valence-corrected chi connectivity index (χ4v) is 1.95. The van der Waals surface area contributed by atoms with Gasteiger partial charge in [0.2, 0.25) is 0 Å². The number of ketones is 1. The van der Waals surface area contributed by atoms with E-state index >= 15 is 0 Å². The number of carbonyl (C=O) groups excluding carboxylic acids is 3. The standard InChI is InChI=1S/C16H28O5/c1-3-20-15(18)11-9-7-5-6-8-10-14(17)12-13-16(19)21-4-2/h3-13H2,1-2H3. The predicted molar refractivity (Wildman–Crippen MR) is 79.8 cm³/mol. The third-order valence-electron chi connectivity index (χ3n) is 3.06. The van der Waals surface area contributed by atoms with E-state index in [1.807, 2.05) is 0 Å². The molecule has 0 fully saturated rings. The van der Waals surface area contributed by atoms with Crippen LogP contribution in [0.4, 0.5) is 0 Å². The van der Waals surface area contributed by atoms with Gasteiger partial charge in [0, 0.05) is 19.3 Å². The highest BCUT2D eigenvalue weighted by molar-refractivity contribution is 5.82. The highest BCUT2D eigenvalue weighted by Crippen LogP contribution is 2.09. The summed E-state index contributed by atoms with van der Waals surface area (Å²) in [6.07, 6.45) is 6.14. The van der Waals surface area contributed by atoms with Crippen LogP contribution in [0, 0.1) is 0 Å². The van der Waals surface area contributed by atoms with E-state index in [1.54, 1.807) is 13.8 Å². The second-order valence-electron chi connectivity index (χ2n) is 4.92. The summed E-state index contributed by atoms with van der Waals surface area (Å²) >= 11 is 0. The van der Waals surface area contributed by atoms with E-state index in [0.717, 1.165) is 32.1 Å². The molecular formula is C16H28O5. The second-order valence-corrected chi connectivity index (χ2v) is 4.92. The molecular weight excluding hydrogens is 272 g/mol. The fraction of sp³-hybridized carbons (Fsp3) is 0.812. The van der Waals surface area contributed by atoms with Crippen molar-refractivity contribution in [3.63, 3.8) is 0 Å². The Labute approximate surface area is 127 Å². The number of carbonyl (C=O) groups is 3. The average molecular weight is 300 g/mol. The number of unbranched alkanes of at least 4 members (excludes halogenated alkanes) is 4. The first-order chi connectivity index (χ1) is 10.1. The Morgan fingerprint density at radius 3 is 1.67 bits per heavy atom. The van der Waals surface area contributed by atoms with Crippen LogP contribution in [0.25, 0.3) is 0 Å². The highest BCUT2D eigenvalue weighted by Gasteiger charge is 2.07. The van der Waals surface area contributed by atoms with Gasteiger partial charge in [0.25, 0.3) is 0 Å². The molecule has 0 spiro atoms. The lowest BCUT2D eigenvalue weighted by molar-refractivity contribution is -0.144. The number of hydrogen-bond acceptors (Lipinski definition) is 5. The van der Waals surface area contributed by atoms with Gasteiger partial charge in [0.1, 0.15) is 5.78 Å². The van der Waals surface area contributed by atoms with E-state index in [1.165, 1.54) is 0 Å². The Bertz CT molecular complexity index is 312. The van der Waals surface area contributed by atoms with Gasteiger partial charge in [-0.3, -0.25) is 14.4 Å². The van der Waals surface area contributed by atoms with Crippen LogP contribution in [0.1, 0.15) is 71.6 Å². The molecule has 0 heterocycles. The molecule has 0 aromatic rings. The van der Waals surface area contributed by atoms with Crippen LogP contribution in [-0.4, -0.2) is 30.9 Å². The molecule has 0 radical (unpaired) electrons. The Morgan fingerprint density at radius 1 is 0.619 bits per heavy atom. The van der Waals surface area contributed by atoms with Crippen molar-refractivity contribution in [1.29, 1.82) is 0 Å². The molecule has 122 valence electrons. The smallest absolute Gasteiger partial charge is 0.306 e. The van der Waals surface area contributed by atoms with Crippen molar-refractivity contribution in [3.05, 3.63) is 0 Å². The summed E-state index contributed by atoms with van der Waals surface area (Å²) in [4.78, 5) is 33.7. The maximum atomic E-state index is 11.5. The zero-order valence-corrected chi connectivity index (χ0v) is 13.3. The summed E-state index contributed by atoms with van der Waals surface area (Å²) in [7, 11) is 0. The Kier molecular flexibility index (Phi) is 12.7. The largest absolute Gasteiger partial charge is 0.466 e. The topological polar surface area (TPSA) is 69.7 Å². The first-order valence-corrected chi connectivity index (χ1v) is 7.93. The van der Waals surface area contributed by atoms with Gasteiger partial charge >= 0.3 is 11.9 Å². The summed E-state index contributed by atoms with van der Waals surface area (Å²) in [6.45, 7) is 4.35. The Hall–Kier alpha value is -1.39. The van der Waals surface area contributed by atoms with Gasteiger partial charge in [0.05, 0.1) is 19.6 Å². The molecule has 0 atom stereocenters. The maximum absolute atomic E-state index is 11.5. The van der Waals surface area contributed by atoms with E-state index in [0.29, 0.717) is 26.1 Å². The molecule has 0 rings (SSSR count). The number of hydrogen-bond donors (Lipinski definition) is 0. The minimum Gasteiger partial charge on any atom is -0.466 e. The molecule has 21 heavy (non-hydrogen) atoms. The molecule has 0 aromatic heterocycles. The summed E-state index contributed by atoms with van der Waals surface area (Å²) in [6, 6.07) is 0. The van der Waals surface area contributed by atoms with Gasteiger partial charge in [-0.25, -0.2) is 0 Å². The van der Waals surface area contributed by atoms with E-state index < -0.39 is 0 Å². The van der Waals surface area contributed by atoms with Gasteiger partial charge in [-0.05, 0) is 26.7 Å². The van der Waals surface area contributed by atoms with Gasteiger partial charge in [0.15, 0.2) is 0 Å².